The minimum atomic E-state index is -0.0803. The summed E-state index contributed by atoms with van der Waals surface area (Å²) >= 11 is 0. The van der Waals surface area contributed by atoms with E-state index in [1.54, 1.807) is 13.4 Å². The molecule has 2 aromatic heterocycles. The van der Waals surface area contributed by atoms with Crippen molar-refractivity contribution in [1.29, 1.82) is 0 Å². The maximum atomic E-state index is 12.6. The molecule has 0 aliphatic carbocycles. The highest BCUT2D eigenvalue weighted by Crippen LogP contribution is 2.26. The van der Waals surface area contributed by atoms with Gasteiger partial charge in [0.15, 0.2) is 5.65 Å². The van der Waals surface area contributed by atoms with E-state index in [1.165, 1.54) is 5.69 Å². The summed E-state index contributed by atoms with van der Waals surface area (Å²) in [5.41, 5.74) is 4.80. The Balaban J connectivity index is 1.22. The summed E-state index contributed by atoms with van der Waals surface area (Å²) in [6.07, 6.45) is 3.42. The van der Waals surface area contributed by atoms with Crippen LogP contribution in [0.3, 0.4) is 0 Å². The first-order valence-electron chi connectivity index (χ1n) is 12.2. The molecule has 1 aliphatic heterocycles. The lowest BCUT2D eigenvalue weighted by Gasteiger charge is -2.36. The molecule has 3 heterocycles. The van der Waals surface area contributed by atoms with Gasteiger partial charge in [0, 0.05) is 44.0 Å². The standard InChI is InChI=1S/C27H31N7O2/c1-19-14-20(2)16-21(15-19)27(35)28-8-9-34-26-24(17-31-34)25(29-18-30-26)33-12-10-32(11-13-33)22-4-6-23(36-3)7-5-22/h4-7,14-18H,8-13H2,1-3H3,(H,28,35). The summed E-state index contributed by atoms with van der Waals surface area (Å²) in [6, 6.07) is 14.0. The third kappa shape index (κ3) is 4.95. The number of piperazine rings is 1. The summed E-state index contributed by atoms with van der Waals surface area (Å²) in [6.45, 7) is 8.49. The molecule has 4 aromatic rings. The number of hydrogen-bond acceptors (Lipinski definition) is 7. The van der Waals surface area contributed by atoms with Gasteiger partial charge in [-0.15, -0.1) is 0 Å². The fraction of sp³-hybridized carbons (Fsp3) is 0.333. The number of anilines is 2. The molecule has 1 amide bonds. The SMILES string of the molecule is COc1ccc(N2CCN(c3ncnc4c3cnn4CCNC(=O)c3cc(C)cc(C)c3)CC2)cc1. The summed E-state index contributed by atoms with van der Waals surface area (Å²) in [5, 5.41) is 8.46. The number of benzene rings is 2. The number of hydrogen-bond donors (Lipinski definition) is 1. The Labute approximate surface area is 210 Å². The van der Waals surface area contributed by atoms with E-state index in [1.807, 2.05) is 49.0 Å². The average Bonchev–Trinajstić information content (AvgIpc) is 3.31. The molecule has 1 aliphatic rings. The van der Waals surface area contributed by atoms with Crippen LogP contribution in [0.15, 0.2) is 55.0 Å². The van der Waals surface area contributed by atoms with Crippen molar-refractivity contribution >= 4 is 28.4 Å². The molecule has 0 spiro atoms. The minimum Gasteiger partial charge on any atom is -0.497 e. The maximum Gasteiger partial charge on any atom is 0.251 e. The zero-order valence-electron chi connectivity index (χ0n) is 20.9. The first-order chi connectivity index (χ1) is 17.5. The molecule has 0 unspecified atom stereocenters. The smallest absolute Gasteiger partial charge is 0.251 e. The monoisotopic (exact) mass is 485 g/mol. The quantitative estimate of drug-likeness (QED) is 0.430. The van der Waals surface area contributed by atoms with Crippen LogP contribution in [0.2, 0.25) is 0 Å². The van der Waals surface area contributed by atoms with E-state index in [0.29, 0.717) is 18.7 Å². The van der Waals surface area contributed by atoms with E-state index in [4.69, 9.17) is 4.74 Å². The second-order valence-corrected chi connectivity index (χ2v) is 9.11. The molecule has 9 heteroatoms. The van der Waals surface area contributed by atoms with Crippen molar-refractivity contribution < 1.29 is 9.53 Å². The highest BCUT2D eigenvalue weighted by molar-refractivity contribution is 5.94. The van der Waals surface area contributed by atoms with Gasteiger partial charge in [-0.05, 0) is 50.2 Å². The lowest BCUT2D eigenvalue weighted by molar-refractivity contribution is 0.0952. The number of fused-ring (bicyclic) bond motifs is 1. The summed E-state index contributed by atoms with van der Waals surface area (Å²) in [4.78, 5) is 26.3. The summed E-state index contributed by atoms with van der Waals surface area (Å²) in [7, 11) is 1.68. The van der Waals surface area contributed by atoms with Crippen LogP contribution < -0.4 is 19.9 Å². The normalized spacial score (nSPS) is 13.8. The molecule has 0 radical (unpaired) electrons. The second kappa shape index (κ2) is 10.2. The molecular formula is C27H31N7O2. The average molecular weight is 486 g/mol. The van der Waals surface area contributed by atoms with Crippen LogP contribution in [0.5, 0.6) is 5.75 Å². The topological polar surface area (TPSA) is 88.4 Å². The van der Waals surface area contributed by atoms with Crippen molar-refractivity contribution in [3.63, 3.8) is 0 Å². The fourth-order valence-corrected chi connectivity index (χ4v) is 4.75. The van der Waals surface area contributed by atoms with Crippen LogP contribution in [-0.4, -0.2) is 65.5 Å². The van der Waals surface area contributed by atoms with Crippen molar-refractivity contribution in [2.45, 2.75) is 20.4 Å². The first-order valence-corrected chi connectivity index (χ1v) is 12.2. The van der Waals surface area contributed by atoms with Crippen molar-refractivity contribution in [3.05, 3.63) is 71.7 Å². The number of aromatic nitrogens is 4. The number of aryl methyl sites for hydroxylation is 2. The van der Waals surface area contributed by atoms with E-state index in [9.17, 15) is 4.79 Å². The molecule has 0 atom stereocenters. The Kier molecular flexibility index (Phi) is 6.71. The largest absolute Gasteiger partial charge is 0.497 e. The number of carbonyl (C=O) groups is 1. The van der Waals surface area contributed by atoms with Crippen LogP contribution in [0, 0.1) is 13.8 Å². The van der Waals surface area contributed by atoms with E-state index in [-0.39, 0.29) is 5.91 Å². The lowest BCUT2D eigenvalue weighted by Crippen LogP contribution is -2.46. The van der Waals surface area contributed by atoms with Gasteiger partial charge in [-0.1, -0.05) is 17.2 Å². The molecule has 0 bridgehead atoms. The number of rotatable bonds is 7. The summed E-state index contributed by atoms with van der Waals surface area (Å²) in [5.74, 6) is 1.69. The zero-order valence-corrected chi connectivity index (χ0v) is 20.9. The van der Waals surface area contributed by atoms with E-state index < -0.39 is 0 Å². The number of amides is 1. The zero-order chi connectivity index (χ0) is 25.1. The van der Waals surface area contributed by atoms with Crippen molar-refractivity contribution in [2.24, 2.45) is 0 Å². The van der Waals surface area contributed by atoms with Crippen LogP contribution >= 0.6 is 0 Å². The van der Waals surface area contributed by atoms with Gasteiger partial charge in [0.25, 0.3) is 5.91 Å². The number of nitrogens with one attached hydrogen (secondary N) is 1. The summed E-state index contributed by atoms with van der Waals surface area (Å²) < 4.78 is 7.10. The van der Waals surface area contributed by atoms with Gasteiger partial charge in [-0.3, -0.25) is 4.79 Å². The van der Waals surface area contributed by atoms with Gasteiger partial charge in [0.1, 0.15) is 17.9 Å². The number of methoxy groups -OCH3 is 1. The molecule has 5 rings (SSSR count). The van der Waals surface area contributed by atoms with Crippen molar-refractivity contribution in [2.75, 3.05) is 49.6 Å². The Morgan fingerprint density at radius 2 is 1.67 bits per heavy atom. The van der Waals surface area contributed by atoms with E-state index >= 15 is 0 Å². The molecule has 2 aromatic carbocycles. The molecule has 1 saturated heterocycles. The predicted octanol–water partition coefficient (Wildman–Crippen LogP) is 3.21. The maximum absolute atomic E-state index is 12.6. The molecule has 1 fully saturated rings. The van der Waals surface area contributed by atoms with Crippen LogP contribution in [0.25, 0.3) is 11.0 Å². The van der Waals surface area contributed by atoms with Gasteiger partial charge < -0.3 is 19.9 Å². The Bertz CT molecular complexity index is 1340. The third-order valence-corrected chi connectivity index (χ3v) is 6.52. The highest BCUT2D eigenvalue weighted by atomic mass is 16.5. The molecule has 9 nitrogen and oxygen atoms in total. The van der Waals surface area contributed by atoms with Gasteiger partial charge in [0.2, 0.25) is 0 Å². The van der Waals surface area contributed by atoms with Gasteiger partial charge in [0.05, 0.1) is 25.2 Å². The predicted molar refractivity (Wildman–Crippen MR) is 141 cm³/mol. The lowest BCUT2D eigenvalue weighted by atomic mass is 10.1. The Morgan fingerprint density at radius 3 is 2.36 bits per heavy atom. The molecule has 1 N–H and O–H groups in total. The second-order valence-electron chi connectivity index (χ2n) is 9.11. The highest BCUT2D eigenvalue weighted by Gasteiger charge is 2.21. The van der Waals surface area contributed by atoms with Gasteiger partial charge in [-0.2, -0.15) is 5.10 Å². The molecule has 36 heavy (non-hydrogen) atoms. The molecule has 186 valence electrons. The Morgan fingerprint density at radius 1 is 0.972 bits per heavy atom. The number of ether oxygens (including phenoxy) is 1. The van der Waals surface area contributed by atoms with Crippen LogP contribution in [0.1, 0.15) is 21.5 Å². The van der Waals surface area contributed by atoms with E-state index in [0.717, 1.165) is 59.9 Å². The van der Waals surface area contributed by atoms with Crippen molar-refractivity contribution in [3.8, 4) is 5.75 Å². The van der Waals surface area contributed by atoms with E-state index in [2.05, 4.69) is 48.4 Å². The molecule has 0 saturated carbocycles. The van der Waals surface area contributed by atoms with Gasteiger partial charge >= 0.3 is 0 Å². The van der Waals surface area contributed by atoms with Crippen LogP contribution in [0.4, 0.5) is 11.5 Å². The minimum absolute atomic E-state index is 0.0803. The van der Waals surface area contributed by atoms with Crippen LogP contribution in [-0.2, 0) is 6.54 Å². The number of carbonyl (C=O) groups excluding carboxylic acids is 1. The number of nitrogens with zero attached hydrogens (tertiary/aromatic N) is 6. The third-order valence-electron chi connectivity index (χ3n) is 6.52. The molecular weight excluding hydrogens is 454 g/mol. The Hall–Kier alpha value is -4.14. The van der Waals surface area contributed by atoms with Crippen molar-refractivity contribution in [1.82, 2.24) is 25.1 Å². The van der Waals surface area contributed by atoms with Gasteiger partial charge in [-0.25, -0.2) is 14.6 Å². The first kappa shape index (κ1) is 23.6. The fourth-order valence-electron chi connectivity index (χ4n) is 4.75.